The van der Waals surface area contributed by atoms with Crippen LogP contribution in [0.3, 0.4) is 0 Å². The maximum Gasteiger partial charge on any atom is 0.447 e. The number of carbonyl (C=O) groups is 2. The lowest BCUT2D eigenvalue weighted by atomic mass is 10.1. The van der Waals surface area contributed by atoms with Crippen molar-refractivity contribution >= 4 is 34.5 Å². The fourth-order valence-corrected chi connectivity index (χ4v) is 3.35. The van der Waals surface area contributed by atoms with Gasteiger partial charge in [-0.3, -0.25) is 4.79 Å². The number of methoxy groups -OCH3 is 1. The number of ketones is 1. The van der Waals surface area contributed by atoms with E-state index in [1.807, 2.05) is 37.3 Å². The van der Waals surface area contributed by atoms with Crippen molar-refractivity contribution in [3.8, 4) is 16.2 Å². The topological polar surface area (TPSA) is 101 Å². The summed E-state index contributed by atoms with van der Waals surface area (Å²) >= 11 is 1.20. The molecule has 2 aromatic rings. The molecule has 7 nitrogen and oxygen atoms in total. The highest BCUT2D eigenvalue weighted by Gasteiger charge is 2.35. The van der Waals surface area contributed by atoms with Crippen LogP contribution in [0.25, 0.3) is 16.0 Å². The van der Waals surface area contributed by atoms with Crippen molar-refractivity contribution in [1.29, 1.82) is 0 Å². The van der Waals surface area contributed by atoms with Gasteiger partial charge in [0, 0.05) is 11.4 Å². The number of hydrogen-bond donors (Lipinski definition) is 1. The van der Waals surface area contributed by atoms with Gasteiger partial charge in [-0.2, -0.15) is 4.79 Å². The molecule has 0 fully saturated rings. The average molecular weight is 373 g/mol. The quantitative estimate of drug-likeness (QED) is 0.191. The summed E-state index contributed by atoms with van der Waals surface area (Å²) in [6, 6.07) is 9.22. The van der Waals surface area contributed by atoms with Crippen molar-refractivity contribution < 1.29 is 23.9 Å². The van der Waals surface area contributed by atoms with Gasteiger partial charge >= 0.3 is 11.7 Å². The van der Waals surface area contributed by atoms with Gasteiger partial charge in [0.25, 0.3) is 5.78 Å². The molecule has 0 radical (unpaired) electrons. The molecule has 1 heterocycles. The smallest absolute Gasteiger partial charge is 0.447 e. The zero-order valence-corrected chi connectivity index (χ0v) is 15.6. The molecular weight excluding hydrogens is 354 g/mol. The Hall–Kier alpha value is -2.96. The Balaban J connectivity index is 2.43. The largest absolute Gasteiger partial charge is 0.497 e. The van der Waals surface area contributed by atoms with Crippen molar-refractivity contribution in [2.24, 2.45) is 0 Å². The molecule has 8 heteroatoms. The van der Waals surface area contributed by atoms with Crippen LogP contribution >= 0.6 is 11.3 Å². The lowest BCUT2D eigenvalue weighted by Gasteiger charge is -2.02. The molecule has 2 rings (SSSR count). The van der Waals surface area contributed by atoms with E-state index >= 15 is 0 Å². The first-order chi connectivity index (χ1) is 12.5. The van der Waals surface area contributed by atoms with Crippen LogP contribution in [0, 0.1) is 0 Å². The Kier molecular flexibility index (Phi) is 6.66. The standard InChI is InChI=1S/C18H19N3O4S/c1-4-20-13-10-14(11-6-8-12(24-3)9-7-11)26-17(13)16(22)15(21-19)18(23)25-5-2/h6-10,20H,4-5H2,1-3H3. The van der Waals surface area contributed by atoms with E-state index in [0.29, 0.717) is 12.2 Å². The van der Waals surface area contributed by atoms with Crippen molar-refractivity contribution in [1.82, 2.24) is 0 Å². The van der Waals surface area contributed by atoms with Gasteiger partial charge in [0.15, 0.2) is 0 Å². The van der Waals surface area contributed by atoms with E-state index in [1.54, 1.807) is 14.0 Å². The van der Waals surface area contributed by atoms with Gasteiger partial charge in [0.05, 0.1) is 19.4 Å². The number of hydrogen-bond acceptors (Lipinski definition) is 6. The molecule has 0 aliphatic heterocycles. The molecule has 0 unspecified atom stereocenters. The van der Waals surface area contributed by atoms with Crippen LogP contribution in [0.15, 0.2) is 30.3 Å². The molecule has 0 spiro atoms. The molecule has 1 aromatic heterocycles. The van der Waals surface area contributed by atoms with Crippen LogP contribution in [0.2, 0.25) is 0 Å². The normalized spacial score (nSPS) is 9.96. The van der Waals surface area contributed by atoms with Crippen LogP contribution in [0.5, 0.6) is 5.75 Å². The summed E-state index contributed by atoms with van der Waals surface area (Å²) in [5, 5.41) is 3.10. The summed E-state index contributed by atoms with van der Waals surface area (Å²) in [5.74, 6) is -0.918. The lowest BCUT2D eigenvalue weighted by molar-refractivity contribution is -0.139. The predicted octanol–water partition coefficient (Wildman–Crippen LogP) is 3.27. The summed E-state index contributed by atoms with van der Waals surface area (Å²) in [4.78, 5) is 28.5. The van der Waals surface area contributed by atoms with E-state index in [1.165, 1.54) is 11.3 Å². The molecule has 0 saturated heterocycles. The fourth-order valence-electron chi connectivity index (χ4n) is 2.26. The molecule has 1 N–H and O–H groups in total. The number of rotatable bonds is 8. The Morgan fingerprint density at radius 2 is 1.92 bits per heavy atom. The van der Waals surface area contributed by atoms with Gasteiger partial charge in [-0.05, 0) is 49.7 Å². The summed E-state index contributed by atoms with van der Waals surface area (Å²) in [6.45, 7) is 4.16. The number of ether oxygens (including phenoxy) is 2. The van der Waals surface area contributed by atoms with Gasteiger partial charge in [0.1, 0.15) is 10.6 Å². The number of carbonyl (C=O) groups excluding carboxylic acids is 2. The first kappa shape index (κ1) is 19.4. The molecule has 0 aliphatic rings. The van der Waals surface area contributed by atoms with E-state index in [2.05, 4.69) is 10.1 Å². The van der Waals surface area contributed by atoms with E-state index in [9.17, 15) is 9.59 Å². The van der Waals surface area contributed by atoms with Crippen molar-refractivity contribution in [2.45, 2.75) is 13.8 Å². The minimum Gasteiger partial charge on any atom is -0.497 e. The van der Waals surface area contributed by atoms with Gasteiger partial charge in [0.2, 0.25) is 0 Å². The zero-order valence-electron chi connectivity index (χ0n) is 14.7. The Morgan fingerprint density at radius 3 is 2.46 bits per heavy atom. The average Bonchev–Trinajstić information content (AvgIpc) is 3.07. The maximum absolute atomic E-state index is 12.7. The summed E-state index contributed by atoms with van der Waals surface area (Å²) in [6.07, 6.45) is 0. The third kappa shape index (κ3) is 4.17. The second-order valence-corrected chi connectivity index (χ2v) is 6.16. The zero-order chi connectivity index (χ0) is 19.1. The van der Waals surface area contributed by atoms with Crippen molar-refractivity contribution in [3.05, 3.63) is 40.7 Å². The summed E-state index contributed by atoms with van der Waals surface area (Å²) in [7, 11) is 1.59. The van der Waals surface area contributed by atoms with Crippen LogP contribution in [0.4, 0.5) is 5.69 Å². The number of thiophene rings is 1. The number of benzene rings is 1. The third-order valence-electron chi connectivity index (χ3n) is 3.46. The highest BCUT2D eigenvalue weighted by Crippen LogP contribution is 2.36. The van der Waals surface area contributed by atoms with E-state index in [-0.39, 0.29) is 11.5 Å². The minimum absolute atomic E-state index is 0.0761. The number of nitrogens with zero attached hydrogens (tertiary/aromatic N) is 2. The maximum atomic E-state index is 12.7. The summed E-state index contributed by atoms with van der Waals surface area (Å²) in [5.41, 5.74) is 9.91. The van der Waals surface area contributed by atoms with E-state index in [0.717, 1.165) is 16.2 Å². The summed E-state index contributed by atoms with van der Waals surface area (Å²) < 4.78 is 9.92. The Labute approximate surface area is 155 Å². The highest BCUT2D eigenvalue weighted by atomic mass is 32.1. The van der Waals surface area contributed by atoms with Crippen LogP contribution in [-0.2, 0) is 9.53 Å². The van der Waals surface area contributed by atoms with E-state index < -0.39 is 17.5 Å². The van der Waals surface area contributed by atoms with Crippen LogP contribution < -0.4 is 10.1 Å². The molecule has 136 valence electrons. The number of Topliss-reactive ketones (excluding diaryl/α,β-unsaturated/α-hetero) is 1. The minimum atomic E-state index is -0.957. The number of esters is 1. The van der Waals surface area contributed by atoms with Gasteiger partial charge in [-0.15, -0.1) is 11.3 Å². The number of nitrogens with one attached hydrogen (secondary N) is 1. The van der Waals surface area contributed by atoms with Crippen LogP contribution in [0.1, 0.15) is 23.5 Å². The second-order valence-electron chi connectivity index (χ2n) is 5.11. The monoisotopic (exact) mass is 373 g/mol. The third-order valence-corrected chi connectivity index (χ3v) is 4.65. The molecule has 0 aliphatic carbocycles. The molecule has 0 bridgehead atoms. The van der Waals surface area contributed by atoms with E-state index in [4.69, 9.17) is 15.0 Å². The Bertz CT molecular complexity index is 852. The van der Waals surface area contributed by atoms with Gasteiger partial charge in [-0.1, -0.05) is 0 Å². The van der Waals surface area contributed by atoms with Gasteiger partial charge < -0.3 is 20.3 Å². The van der Waals surface area contributed by atoms with Crippen LogP contribution in [-0.4, -0.2) is 42.5 Å². The predicted molar refractivity (Wildman–Crippen MR) is 100 cm³/mol. The first-order valence-electron chi connectivity index (χ1n) is 8.01. The molecule has 1 aromatic carbocycles. The second kappa shape index (κ2) is 8.94. The molecular formula is C18H19N3O4S. The molecule has 0 amide bonds. The molecule has 26 heavy (non-hydrogen) atoms. The van der Waals surface area contributed by atoms with Crippen molar-refractivity contribution in [2.75, 3.05) is 25.6 Å². The molecule has 0 saturated carbocycles. The highest BCUT2D eigenvalue weighted by molar-refractivity contribution is 7.19. The van der Waals surface area contributed by atoms with Gasteiger partial charge in [-0.25, -0.2) is 4.79 Å². The molecule has 0 atom stereocenters. The first-order valence-corrected chi connectivity index (χ1v) is 8.83. The lowest BCUT2D eigenvalue weighted by Crippen LogP contribution is -2.27. The Morgan fingerprint density at radius 1 is 1.23 bits per heavy atom. The fraction of sp³-hybridized carbons (Fsp3) is 0.278. The number of anilines is 1. The van der Waals surface area contributed by atoms with Crippen molar-refractivity contribution in [3.63, 3.8) is 0 Å². The SMILES string of the molecule is CCNc1cc(-c2ccc(OC)cc2)sc1C(=O)C(=[N+]=[N-])C(=O)OCC.